The first-order valence-electron chi connectivity index (χ1n) is 9.06. The molecule has 1 aromatic rings. The van der Waals surface area contributed by atoms with Gasteiger partial charge >= 0.3 is 0 Å². The van der Waals surface area contributed by atoms with E-state index in [0.29, 0.717) is 31.8 Å². The van der Waals surface area contributed by atoms with E-state index in [9.17, 15) is 18.4 Å². The van der Waals surface area contributed by atoms with Crippen LogP contribution < -0.4 is 5.32 Å². The van der Waals surface area contributed by atoms with Gasteiger partial charge in [-0.05, 0) is 43.7 Å². The third kappa shape index (κ3) is 4.35. The Morgan fingerprint density at radius 3 is 2.40 bits per heavy atom. The van der Waals surface area contributed by atoms with Crippen LogP contribution in [0.2, 0.25) is 0 Å². The number of amides is 2. The molecule has 0 aromatic heterocycles. The average molecular weight is 350 g/mol. The topological polar surface area (TPSA) is 49.4 Å². The van der Waals surface area contributed by atoms with Crippen molar-refractivity contribution in [2.75, 3.05) is 19.6 Å². The van der Waals surface area contributed by atoms with Crippen LogP contribution >= 0.6 is 0 Å². The number of carbonyl (C=O) groups excluding carboxylic acids is 2. The van der Waals surface area contributed by atoms with Gasteiger partial charge in [-0.2, -0.15) is 0 Å². The van der Waals surface area contributed by atoms with Crippen molar-refractivity contribution in [3.05, 3.63) is 35.4 Å². The van der Waals surface area contributed by atoms with Gasteiger partial charge in [0, 0.05) is 31.6 Å². The van der Waals surface area contributed by atoms with E-state index in [1.54, 1.807) is 0 Å². The molecule has 0 radical (unpaired) electrons. The molecule has 1 N–H and O–H groups in total. The Morgan fingerprint density at radius 2 is 1.76 bits per heavy atom. The second-order valence-electron chi connectivity index (χ2n) is 7.09. The van der Waals surface area contributed by atoms with Gasteiger partial charge < -0.3 is 10.2 Å². The zero-order valence-corrected chi connectivity index (χ0v) is 14.3. The third-order valence-electron chi connectivity index (χ3n) is 5.35. The van der Waals surface area contributed by atoms with Crippen LogP contribution in [0.15, 0.2) is 18.2 Å². The summed E-state index contributed by atoms with van der Waals surface area (Å²) in [5, 5.41) is 3.04. The molecule has 1 aliphatic carbocycles. The minimum Gasteiger partial charge on any atom is -0.356 e. The summed E-state index contributed by atoms with van der Waals surface area (Å²) in [5.74, 6) is -1.42. The van der Waals surface area contributed by atoms with E-state index in [-0.39, 0.29) is 17.4 Å². The zero-order valence-electron chi connectivity index (χ0n) is 14.3. The van der Waals surface area contributed by atoms with Gasteiger partial charge in [-0.1, -0.05) is 12.8 Å². The van der Waals surface area contributed by atoms with Gasteiger partial charge in [0.2, 0.25) is 5.91 Å². The van der Waals surface area contributed by atoms with Crippen LogP contribution in [0.25, 0.3) is 0 Å². The van der Waals surface area contributed by atoms with Crippen molar-refractivity contribution < 1.29 is 18.4 Å². The summed E-state index contributed by atoms with van der Waals surface area (Å²) < 4.78 is 26.7. The normalized spacial score (nSPS) is 19.2. The molecule has 1 saturated carbocycles. The fourth-order valence-electron chi connectivity index (χ4n) is 3.78. The molecule has 0 bridgehead atoms. The highest BCUT2D eigenvalue weighted by Gasteiger charge is 2.29. The van der Waals surface area contributed by atoms with E-state index < -0.39 is 17.5 Å². The van der Waals surface area contributed by atoms with E-state index in [0.717, 1.165) is 18.7 Å². The van der Waals surface area contributed by atoms with Crippen molar-refractivity contribution in [1.29, 1.82) is 0 Å². The smallest absolute Gasteiger partial charge is 0.256 e. The highest BCUT2D eigenvalue weighted by atomic mass is 19.1. The first-order valence-corrected chi connectivity index (χ1v) is 9.06. The minimum atomic E-state index is -0.846. The molecular formula is C19H24F2N2O2. The molecule has 1 aromatic carbocycles. The summed E-state index contributed by atoms with van der Waals surface area (Å²) >= 11 is 0. The molecule has 1 heterocycles. The largest absolute Gasteiger partial charge is 0.356 e. The number of piperidine rings is 1. The molecule has 0 unspecified atom stereocenters. The monoisotopic (exact) mass is 350 g/mol. The summed E-state index contributed by atoms with van der Waals surface area (Å²) in [5.41, 5.74) is -0.120. The van der Waals surface area contributed by atoms with E-state index in [1.165, 1.54) is 36.6 Å². The lowest BCUT2D eigenvalue weighted by molar-refractivity contribution is -0.126. The van der Waals surface area contributed by atoms with Crippen LogP contribution in [-0.4, -0.2) is 36.3 Å². The molecule has 2 aliphatic rings. The Labute approximate surface area is 146 Å². The number of halogens is 2. The van der Waals surface area contributed by atoms with E-state index in [4.69, 9.17) is 0 Å². The fourth-order valence-corrected chi connectivity index (χ4v) is 3.78. The van der Waals surface area contributed by atoms with Crippen LogP contribution in [0.1, 0.15) is 48.9 Å². The summed E-state index contributed by atoms with van der Waals surface area (Å²) in [6.45, 7) is 1.58. The second-order valence-corrected chi connectivity index (χ2v) is 7.09. The number of hydrogen-bond donors (Lipinski definition) is 1. The first kappa shape index (κ1) is 17.8. The number of hydrogen-bond acceptors (Lipinski definition) is 2. The van der Waals surface area contributed by atoms with Gasteiger partial charge in [0.05, 0.1) is 5.56 Å². The summed E-state index contributed by atoms with van der Waals surface area (Å²) in [7, 11) is 0. The van der Waals surface area contributed by atoms with E-state index >= 15 is 0 Å². The number of carbonyl (C=O) groups is 2. The highest BCUT2D eigenvalue weighted by molar-refractivity contribution is 5.94. The Bertz CT molecular complexity index is 636. The number of likely N-dealkylation sites (tertiary alicyclic amines) is 1. The maximum atomic E-state index is 13.8. The lowest BCUT2D eigenvalue weighted by Crippen LogP contribution is -2.43. The quantitative estimate of drug-likeness (QED) is 0.907. The van der Waals surface area contributed by atoms with E-state index in [1.807, 2.05) is 0 Å². The maximum Gasteiger partial charge on any atom is 0.256 e. The lowest BCUT2D eigenvalue weighted by Gasteiger charge is -2.31. The van der Waals surface area contributed by atoms with Crippen molar-refractivity contribution >= 4 is 11.8 Å². The van der Waals surface area contributed by atoms with Crippen molar-refractivity contribution in [3.63, 3.8) is 0 Å². The Morgan fingerprint density at radius 1 is 1.08 bits per heavy atom. The number of rotatable bonds is 4. The highest BCUT2D eigenvalue weighted by Crippen LogP contribution is 2.25. The molecule has 4 nitrogen and oxygen atoms in total. The molecule has 3 rings (SSSR count). The molecule has 6 heteroatoms. The van der Waals surface area contributed by atoms with Crippen LogP contribution in [0.3, 0.4) is 0 Å². The molecule has 2 amide bonds. The average Bonchev–Trinajstić information content (AvgIpc) is 3.13. The van der Waals surface area contributed by atoms with Gasteiger partial charge in [0.1, 0.15) is 11.6 Å². The third-order valence-corrected chi connectivity index (χ3v) is 5.35. The Kier molecular flexibility index (Phi) is 5.66. The second kappa shape index (κ2) is 7.93. The van der Waals surface area contributed by atoms with Crippen LogP contribution in [0.5, 0.6) is 0 Å². The fraction of sp³-hybridized carbons (Fsp3) is 0.579. The molecular weight excluding hydrogens is 326 g/mol. The molecule has 1 saturated heterocycles. The molecule has 1 aliphatic heterocycles. The number of benzene rings is 1. The Balaban J connectivity index is 1.49. The minimum absolute atomic E-state index is 0.0620. The molecule has 136 valence electrons. The van der Waals surface area contributed by atoms with Gasteiger partial charge in [-0.15, -0.1) is 0 Å². The van der Waals surface area contributed by atoms with Gasteiger partial charge in [0.25, 0.3) is 5.91 Å². The predicted octanol–water partition coefficient (Wildman–Crippen LogP) is 3.12. The number of nitrogens with one attached hydrogen (secondary N) is 1. The van der Waals surface area contributed by atoms with Crippen LogP contribution in [0.4, 0.5) is 8.78 Å². The standard InChI is InChI=1S/C19H24F2N2O2/c20-15-5-6-16(17(21)11-15)19(25)23-9-7-14(8-10-23)18(24)22-12-13-3-1-2-4-13/h5-6,11,13-14H,1-4,7-10,12H2,(H,22,24). The van der Waals surface area contributed by atoms with Crippen LogP contribution in [0, 0.1) is 23.5 Å². The SMILES string of the molecule is O=C(NCC1CCCC1)C1CCN(C(=O)c2ccc(F)cc2F)CC1. The van der Waals surface area contributed by atoms with Crippen LogP contribution in [-0.2, 0) is 4.79 Å². The van der Waals surface area contributed by atoms with Gasteiger partial charge in [-0.25, -0.2) is 8.78 Å². The molecule has 25 heavy (non-hydrogen) atoms. The number of nitrogens with zero attached hydrogens (tertiary/aromatic N) is 1. The van der Waals surface area contributed by atoms with Crippen molar-refractivity contribution in [2.45, 2.75) is 38.5 Å². The van der Waals surface area contributed by atoms with Crippen molar-refractivity contribution in [2.24, 2.45) is 11.8 Å². The lowest BCUT2D eigenvalue weighted by atomic mass is 9.95. The van der Waals surface area contributed by atoms with Crippen molar-refractivity contribution in [1.82, 2.24) is 10.2 Å². The predicted molar refractivity (Wildman–Crippen MR) is 90.0 cm³/mol. The molecule has 2 fully saturated rings. The van der Waals surface area contributed by atoms with Gasteiger partial charge in [-0.3, -0.25) is 9.59 Å². The summed E-state index contributed by atoms with van der Waals surface area (Å²) in [6.07, 6.45) is 6.03. The Hall–Kier alpha value is -1.98. The summed E-state index contributed by atoms with van der Waals surface area (Å²) in [4.78, 5) is 26.2. The first-order chi connectivity index (χ1) is 12.0. The molecule has 0 spiro atoms. The van der Waals surface area contributed by atoms with Crippen molar-refractivity contribution in [3.8, 4) is 0 Å². The summed E-state index contributed by atoms with van der Waals surface area (Å²) in [6, 6.07) is 2.98. The van der Waals surface area contributed by atoms with E-state index in [2.05, 4.69) is 5.32 Å². The zero-order chi connectivity index (χ0) is 17.8. The van der Waals surface area contributed by atoms with Gasteiger partial charge in [0.15, 0.2) is 0 Å². The maximum absolute atomic E-state index is 13.8. The molecule has 0 atom stereocenters.